The zero-order chi connectivity index (χ0) is 14.4. The molecule has 0 bridgehead atoms. The average Bonchev–Trinajstić information content (AvgIpc) is 2.27. The van der Waals surface area contributed by atoms with E-state index < -0.39 is 17.8 Å². The number of rotatable bonds is 6. The molecule has 1 atom stereocenters. The zero-order valence-electron chi connectivity index (χ0n) is 11.4. The standard InChI is InChI=1S/C14H19ClFNO2/c1-4-19-14(18)13(17-8-9(2)3)10-5-11(15)7-12(16)6-10/h5-7,9,13,17H,4,8H2,1-3H3. The van der Waals surface area contributed by atoms with Crippen molar-refractivity contribution in [3.63, 3.8) is 0 Å². The third-order valence-electron chi connectivity index (χ3n) is 2.47. The molecule has 0 saturated heterocycles. The Labute approximate surface area is 118 Å². The lowest BCUT2D eigenvalue weighted by atomic mass is 10.1. The largest absolute Gasteiger partial charge is 0.465 e. The van der Waals surface area contributed by atoms with Crippen molar-refractivity contribution in [3.05, 3.63) is 34.6 Å². The molecule has 1 aromatic rings. The van der Waals surface area contributed by atoms with E-state index in [2.05, 4.69) is 5.32 Å². The molecule has 0 spiro atoms. The summed E-state index contributed by atoms with van der Waals surface area (Å²) in [6, 6.07) is 3.37. The summed E-state index contributed by atoms with van der Waals surface area (Å²) in [4.78, 5) is 11.9. The second kappa shape index (κ2) is 7.46. The minimum atomic E-state index is -0.699. The molecule has 0 heterocycles. The van der Waals surface area contributed by atoms with Crippen molar-refractivity contribution in [1.29, 1.82) is 0 Å². The minimum Gasteiger partial charge on any atom is -0.465 e. The van der Waals surface area contributed by atoms with Gasteiger partial charge in [0.05, 0.1) is 6.61 Å². The number of ether oxygens (including phenoxy) is 1. The van der Waals surface area contributed by atoms with Crippen LogP contribution in [0.3, 0.4) is 0 Å². The van der Waals surface area contributed by atoms with Crippen LogP contribution in [0.25, 0.3) is 0 Å². The minimum absolute atomic E-state index is 0.260. The van der Waals surface area contributed by atoms with Gasteiger partial charge < -0.3 is 10.1 Å². The lowest BCUT2D eigenvalue weighted by Crippen LogP contribution is -2.32. The van der Waals surface area contributed by atoms with Gasteiger partial charge in [-0.25, -0.2) is 9.18 Å². The maximum atomic E-state index is 13.4. The van der Waals surface area contributed by atoms with Crippen LogP contribution in [0.5, 0.6) is 0 Å². The van der Waals surface area contributed by atoms with Gasteiger partial charge in [0.15, 0.2) is 0 Å². The first-order valence-electron chi connectivity index (χ1n) is 6.30. The summed E-state index contributed by atoms with van der Waals surface area (Å²) in [5.41, 5.74) is 0.476. The number of hydrogen-bond acceptors (Lipinski definition) is 3. The van der Waals surface area contributed by atoms with Gasteiger partial charge >= 0.3 is 5.97 Å². The van der Waals surface area contributed by atoms with Gasteiger partial charge in [0.1, 0.15) is 11.9 Å². The number of nitrogens with one attached hydrogen (secondary N) is 1. The Morgan fingerprint density at radius 1 is 1.42 bits per heavy atom. The van der Waals surface area contributed by atoms with E-state index in [9.17, 15) is 9.18 Å². The fourth-order valence-corrected chi connectivity index (χ4v) is 1.89. The maximum Gasteiger partial charge on any atom is 0.327 e. The summed E-state index contributed by atoms with van der Waals surface area (Å²) in [5.74, 6) is -0.533. The van der Waals surface area contributed by atoms with Gasteiger partial charge in [-0.15, -0.1) is 0 Å². The molecule has 0 aliphatic carbocycles. The molecule has 5 heteroatoms. The molecule has 0 fully saturated rings. The molecule has 3 nitrogen and oxygen atoms in total. The van der Waals surface area contributed by atoms with Crippen LogP contribution < -0.4 is 5.32 Å². The lowest BCUT2D eigenvalue weighted by molar-refractivity contribution is -0.145. The molecule has 0 aromatic heterocycles. The van der Waals surface area contributed by atoms with Crippen molar-refractivity contribution >= 4 is 17.6 Å². The van der Waals surface area contributed by atoms with Gasteiger partial charge in [-0.1, -0.05) is 25.4 Å². The van der Waals surface area contributed by atoms with Crippen LogP contribution in [0, 0.1) is 11.7 Å². The Balaban J connectivity index is 2.96. The van der Waals surface area contributed by atoms with Gasteiger partial charge in [0.25, 0.3) is 0 Å². The van der Waals surface area contributed by atoms with Gasteiger partial charge in [0.2, 0.25) is 0 Å². The van der Waals surface area contributed by atoms with Crippen LogP contribution in [0.4, 0.5) is 4.39 Å². The normalized spacial score (nSPS) is 12.5. The number of hydrogen-bond donors (Lipinski definition) is 1. The van der Waals surface area contributed by atoms with E-state index in [1.807, 2.05) is 13.8 Å². The smallest absolute Gasteiger partial charge is 0.327 e. The first-order valence-corrected chi connectivity index (χ1v) is 6.67. The third-order valence-corrected chi connectivity index (χ3v) is 2.69. The van der Waals surface area contributed by atoms with Crippen molar-refractivity contribution < 1.29 is 13.9 Å². The van der Waals surface area contributed by atoms with E-state index in [0.29, 0.717) is 18.0 Å². The van der Waals surface area contributed by atoms with Crippen molar-refractivity contribution in [1.82, 2.24) is 5.32 Å². The molecular formula is C14H19ClFNO2. The fraction of sp³-hybridized carbons (Fsp3) is 0.500. The summed E-state index contributed by atoms with van der Waals surface area (Å²) < 4.78 is 18.4. The Hall–Kier alpha value is -1.13. The molecule has 19 heavy (non-hydrogen) atoms. The molecule has 106 valence electrons. The predicted molar refractivity (Wildman–Crippen MR) is 73.6 cm³/mol. The van der Waals surface area contributed by atoms with Gasteiger partial charge in [-0.3, -0.25) is 0 Å². The highest BCUT2D eigenvalue weighted by Gasteiger charge is 2.22. The lowest BCUT2D eigenvalue weighted by Gasteiger charge is -2.19. The van der Waals surface area contributed by atoms with E-state index in [1.165, 1.54) is 12.1 Å². The van der Waals surface area contributed by atoms with Crippen molar-refractivity contribution in [2.75, 3.05) is 13.2 Å². The van der Waals surface area contributed by atoms with Crippen LogP contribution in [-0.4, -0.2) is 19.1 Å². The Kier molecular flexibility index (Phi) is 6.25. The predicted octanol–water partition coefficient (Wildman–Crippen LogP) is 3.33. The Morgan fingerprint density at radius 3 is 2.63 bits per heavy atom. The fourth-order valence-electron chi connectivity index (χ4n) is 1.66. The topological polar surface area (TPSA) is 38.3 Å². The Bertz CT molecular complexity index is 417. The van der Waals surface area contributed by atoms with E-state index in [0.717, 1.165) is 0 Å². The molecule has 1 rings (SSSR count). The average molecular weight is 288 g/mol. The summed E-state index contributed by atoms with van der Waals surface area (Å²) in [6.45, 7) is 6.68. The molecule has 0 aliphatic rings. The van der Waals surface area contributed by atoms with Crippen LogP contribution in [0.1, 0.15) is 32.4 Å². The third kappa shape index (κ3) is 5.17. The number of carbonyl (C=O) groups excluding carboxylic acids is 1. The number of halogens is 2. The first-order chi connectivity index (χ1) is 8.93. The highest BCUT2D eigenvalue weighted by Crippen LogP contribution is 2.21. The molecule has 1 N–H and O–H groups in total. The SMILES string of the molecule is CCOC(=O)C(NCC(C)C)c1cc(F)cc(Cl)c1. The summed E-state index contributed by atoms with van der Waals surface area (Å²) in [5, 5.41) is 3.33. The van der Waals surface area contributed by atoms with Crippen LogP contribution >= 0.6 is 11.6 Å². The van der Waals surface area contributed by atoms with Crippen molar-refractivity contribution in [2.45, 2.75) is 26.8 Å². The maximum absolute atomic E-state index is 13.4. The van der Waals surface area contributed by atoms with E-state index in [4.69, 9.17) is 16.3 Å². The molecule has 1 aromatic carbocycles. The molecule has 0 radical (unpaired) electrons. The van der Waals surface area contributed by atoms with E-state index >= 15 is 0 Å². The second-order valence-electron chi connectivity index (χ2n) is 4.69. The number of benzene rings is 1. The highest BCUT2D eigenvalue weighted by atomic mass is 35.5. The molecule has 0 aliphatic heterocycles. The first kappa shape index (κ1) is 15.9. The number of esters is 1. The summed E-state index contributed by atoms with van der Waals surface area (Å²) in [6.07, 6.45) is 0. The van der Waals surface area contributed by atoms with Crippen LogP contribution in [0.2, 0.25) is 5.02 Å². The van der Waals surface area contributed by atoms with Crippen molar-refractivity contribution in [3.8, 4) is 0 Å². The zero-order valence-corrected chi connectivity index (χ0v) is 12.1. The van der Waals surface area contributed by atoms with Crippen LogP contribution in [-0.2, 0) is 9.53 Å². The van der Waals surface area contributed by atoms with Crippen LogP contribution in [0.15, 0.2) is 18.2 Å². The number of carbonyl (C=O) groups is 1. The summed E-state index contributed by atoms with van der Waals surface area (Å²) in [7, 11) is 0. The summed E-state index contributed by atoms with van der Waals surface area (Å²) >= 11 is 5.82. The molecular weight excluding hydrogens is 269 g/mol. The van der Waals surface area contributed by atoms with Gasteiger partial charge in [-0.05, 0) is 43.1 Å². The molecule has 0 amide bonds. The van der Waals surface area contributed by atoms with Crippen molar-refractivity contribution in [2.24, 2.45) is 5.92 Å². The quantitative estimate of drug-likeness (QED) is 0.816. The van der Waals surface area contributed by atoms with E-state index in [1.54, 1.807) is 13.0 Å². The molecule has 0 saturated carbocycles. The van der Waals surface area contributed by atoms with Gasteiger partial charge in [0, 0.05) is 5.02 Å². The van der Waals surface area contributed by atoms with Gasteiger partial charge in [-0.2, -0.15) is 0 Å². The second-order valence-corrected chi connectivity index (χ2v) is 5.13. The Morgan fingerprint density at radius 2 is 2.11 bits per heavy atom. The molecule has 1 unspecified atom stereocenters. The monoisotopic (exact) mass is 287 g/mol. The van der Waals surface area contributed by atoms with E-state index in [-0.39, 0.29) is 11.6 Å². The highest BCUT2D eigenvalue weighted by molar-refractivity contribution is 6.30.